The van der Waals surface area contributed by atoms with Gasteiger partial charge in [0, 0.05) is 5.41 Å². The summed E-state index contributed by atoms with van der Waals surface area (Å²) in [6, 6.07) is 10.7. The fourth-order valence-corrected chi connectivity index (χ4v) is 4.74. The molecule has 148 valence electrons. The highest BCUT2D eigenvalue weighted by Gasteiger charge is 2.43. The molecule has 1 aliphatic rings. The average Bonchev–Trinajstić information content (AvgIpc) is 2.56. The molecular formula is C21H24N2O4S. The maximum Gasteiger partial charge on any atom is 0.343 e. The van der Waals surface area contributed by atoms with Gasteiger partial charge in [0.2, 0.25) is 0 Å². The van der Waals surface area contributed by atoms with Crippen LogP contribution in [0.1, 0.15) is 31.9 Å². The maximum absolute atomic E-state index is 13.3. The number of rotatable bonds is 3. The van der Waals surface area contributed by atoms with Crippen LogP contribution in [0.2, 0.25) is 0 Å². The van der Waals surface area contributed by atoms with Gasteiger partial charge in [-0.2, -0.15) is 4.31 Å². The summed E-state index contributed by atoms with van der Waals surface area (Å²) < 4.78 is 27.3. The Bertz CT molecular complexity index is 1050. The van der Waals surface area contributed by atoms with Gasteiger partial charge in [0.15, 0.2) is 5.78 Å². The number of nitrogens with zero attached hydrogens (tertiary/aromatic N) is 2. The number of carbonyl (C=O) groups excluding carboxylic acids is 2. The number of ketones is 1. The number of anilines is 2. The van der Waals surface area contributed by atoms with Gasteiger partial charge in [0.05, 0.1) is 17.9 Å². The summed E-state index contributed by atoms with van der Waals surface area (Å²) in [6.45, 7) is 8.80. The lowest BCUT2D eigenvalue weighted by molar-refractivity contribution is -0.124. The first-order valence-electron chi connectivity index (χ1n) is 9.00. The highest BCUT2D eigenvalue weighted by atomic mass is 32.2. The molecule has 0 saturated heterocycles. The number of aryl methyl sites for hydroxylation is 2. The topological polar surface area (TPSA) is 74.8 Å². The molecule has 0 N–H and O–H groups in total. The van der Waals surface area contributed by atoms with Crippen LogP contribution >= 0.6 is 0 Å². The maximum atomic E-state index is 13.3. The largest absolute Gasteiger partial charge is 0.343 e. The Labute approximate surface area is 165 Å². The van der Waals surface area contributed by atoms with Gasteiger partial charge >= 0.3 is 6.03 Å². The van der Waals surface area contributed by atoms with Crippen LogP contribution in [0, 0.1) is 19.3 Å². The minimum Gasteiger partial charge on any atom is -0.297 e. The Balaban J connectivity index is 2.20. The van der Waals surface area contributed by atoms with E-state index in [9.17, 15) is 18.0 Å². The lowest BCUT2D eigenvalue weighted by atomic mass is 9.90. The third-order valence-corrected chi connectivity index (χ3v) is 6.41. The van der Waals surface area contributed by atoms with Crippen LogP contribution < -0.4 is 9.21 Å². The smallest absolute Gasteiger partial charge is 0.297 e. The number of hydrogen-bond acceptors (Lipinski definition) is 4. The number of amides is 2. The van der Waals surface area contributed by atoms with E-state index in [4.69, 9.17) is 0 Å². The van der Waals surface area contributed by atoms with Crippen LogP contribution in [-0.4, -0.2) is 26.8 Å². The van der Waals surface area contributed by atoms with Gasteiger partial charge in [-0.25, -0.2) is 13.2 Å². The Kier molecular flexibility index (Phi) is 4.83. The molecule has 1 aliphatic heterocycles. The van der Waals surface area contributed by atoms with Gasteiger partial charge < -0.3 is 0 Å². The number of fused-ring (bicyclic) bond motifs is 1. The molecule has 2 aromatic carbocycles. The molecule has 2 aromatic rings. The number of para-hydroxylation sites is 1. The summed E-state index contributed by atoms with van der Waals surface area (Å²) in [4.78, 5) is 27.2. The summed E-state index contributed by atoms with van der Waals surface area (Å²) >= 11 is 0. The third-order valence-electron chi connectivity index (χ3n) is 4.66. The molecule has 0 aromatic heterocycles. The van der Waals surface area contributed by atoms with E-state index in [0.717, 1.165) is 15.4 Å². The fourth-order valence-electron chi connectivity index (χ4n) is 3.16. The SMILES string of the molecule is Cc1cc(C)cc(N2C(=O)N(CC(=O)C(C)(C)C)c3ccccc3S2(=O)=O)c1. The van der Waals surface area contributed by atoms with Crippen molar-refractivity contribution in [2.75, 3.05) is 15.7 Å². The molecule has 0 spiro atoms. The zero-order chi connectivity index (χ0) is 20.9. The number of benzene rings is 2. The molecule has 0 saturated carbocycles. The molecule has 0 unspecified atom stereocenters. The predicted octanol–water partition coefficient (Wildman–Crippen LogP) is 4.05. The van der Waals surface area contributed by atoms with E-state index in [1.165, 1.54) is 11.0 Å². The first-order chi connectivity index (χ1) is 12.9. The molecule has 0 atom stereocenters. The van der Waals surface area contributed by atoms with Gasteiger partial charge in [-0.3, -0.25) is 9.69 Å². The van der Waals surface area contributed by atoms with Crippen LogP contribution in [0.5, 0.6) is 0 Å². The number of Topliss-reactive ketones (excluding diaryl/α,β-unsaturated/α-hetero) is 1. The Morgan fingerprint density at radius 2 is 1.57 bits per heavy atom. The first kappa shape index (κ1) is 20.1. The van der Waals surface area contributed by atoms with Crippen molar-refractivity contribution < 1.29 is 18.0 Å². The zero-order valence-corrected chi connectivity index (χ0v) is 17.5. The van der Waals surface area contributed by atoms with Crippen molar-refractivity contribution in [3.63, 3.8) is 0 Å². The summed E-state index contributed by atoms with van der Waals surface area (Å²) in [7, 11) is -4.09. The lowest BCUT2D eigenvalue weighted by Gasteiger charge is -2.37. The van der Waals surface area contributed by atoms with Crippen molar-refractivity contribution in [1.82, 2.24) is 0 Å². The van der Waals surface area contributed by atoms with Gasteiger partial charge in [-0.15, -0.1) is 0 Å². The van der Waals surface area contributed by atoms with Gasteiger partial charge in [0.1, 0.15) is 4.90 Å². The second-order valence-electron chi connectivity index (χ2n) is 8.12. The van der Waals surface area contributed by atoms with Gasteiger partial charge in [0.25, 0.3) is 10.0 Å². The molecule has 28 heavy (non-hydrogen) atoms. The van der Waals surface area contributed by atoms with Crippen LogP contribution in [0.4, 0.5) is 16.2 Å². The molecule has 0 radical (unpaired) electrons. The summed E-state index contributed by atoms with van der Waals surface area (Å²) in [6.07, 6.45) is 0. The quantitative estimate of drug-likeness (QED) is 0.779. The van der Waals surface area contributed by atoms with E-state index in [1.807, 2.05) is 19.9 Å². The normalized spacial score (nSPS) is 16.1. The van der Waals surface area contributed by atoms with E-state index in [2.05, 4.69) is 0 Å². The van der Waals surface area contributed by atoms with E-state index >= 15 is 0 Å². The molecule has 0 fully saturated rings. The van der Waals surface area contributed by atoms with Crippen LogP contribution in [0.3, 0.4) is 0 Å². The third kappa shape index (κ3) is 3.42. The van der Waals surface area contributed by atoms with E-state index < -0.39 is 21.5 Å². The molecule has 2 amide bonds. The second-order valence-corrected chi connectivity index (χ2v) is 9.88. The van der Waals surface area contributed by atoms with Gasteiger partial charge in [-0.1, -0.05) is 39.0 Å². The minimum absolute atomic E-state index is 0.00969. The second kappa shape index (κ2) is 6.74. The fraction of sp³-hybridized carbons (Fsp3) is 0.333. The highest BCUT2D eigenvalue weighted by molar-refractivity contribution is 7.94. The zero-order valence-electron chi connectivity index (χ0n) is 16.7. The van der Waals surface area contributed by atoms with Crippen molar-refractivity contribution in [3.8, 4) is 0 Å². The number of hydrogen-bond donors (Lipinski definition) is 0. The summed E-state index contributed by atoms with van der Waals surface area (Å²) in [5.74, 6) is -0.157. The van der Waals surface area contributed by atoms with Gasteiger partial charge in [-0.05, 0) is 49.2 Å². The first-order valence-corrected chi connectivity index (χ1v) is 10.4. The van der Waals surface area contributed by atoms with Crippen LogP contribution in [-0.2, 0) is 14.8 Å². The monoisotopic (exact) mass is 400 g/mol. The minimum atomic E-state index is -4.09. The highest BCUT2D eigenvalue weighted by Crippen LogP contribution is 2.38. The summed E-state index contributed by atoms with van der Waals surface area (Å²) in [5.41, 5.74) is 1.52. The van der Waals surface area contributed by atoms with Crippen molar-refractivity contribution in [1.29, 1.82) is 0 Å². The van der Waals surface area contributed by atoms with Crippen LogP contribution in [0.15, 0.2) is 47.4 Å². The molecule has 1 heterocycles. The molecule has 6 nitrogen and oxygen atoms in total. The van der Waals surface area contributed by atoms with E-state index in [1.54, 1.807) is 51.1 Å². The van der Waals surface area contributed by atoms with Crippen LogP contribution in [0.25, 0.3) is 0 Å². The number of sulfonamides is 1. The Morgan fingerprint density at radius 1 is 1.00 bits per heavy atom. The van der Waals surface area contributed by atoms with Crippen molar-refractivity contribution in [3.05, 3.63) is 53.6 Å². The van der Waals surface area contributed by atoms with E-state index in [-0.39, 0.29) is 28.6 Å². The predicted molar refractivity (Wildman–Crippen MR) is 109 cm³/mol. The molecular weight excluding hydrogens is 376 g/mol. The molecule has 0 aliphatic carbocycles. The number of carbonyl (C=O) groups is 2. The lowest BCUT2D eigenvalue weighted by Crippen LogP contribution is -2.53. The Hall–Kier alpha value is -2.67. The standard InChI is InChI=1S/C21H24N2O4S/c1-14-10-15(2)12-16(11-14)23-20(25)22(13-19(24)21(3,4)5)17-8-6-7-9-18(17)28(23,26)27/h6-12H,13H2,1-5H3. The Morgan fingerprint density at radius 3 is 2.14 bits per heavy atom. The summed E-state index contributed by atoms with van der Waals surface area (Å²) in [5, 5.41) is 0. The molecule has 0 bridgehead atoms. The number of urea groups is 1. The van der Waals surface area contributed by atoms with Crippen molar-refractivity contribution in [2.45, 2.75) is 39.5 Å². The van der Waals surface area contributed by atoms with E-state index in [0.29, 0.717) is 0 Å². The average molecular weight is 401 g/mol. The molecule has 3 rings (SSSR count). The van der Waals surface area contributed by atoms with Crippen molar-refractivity contribution in [2.24, 2.45) is 5.41 Å². The molecule has 7 heteroatoms. The van der Waals surface area contributed by atoms with Crippen molar-refractivity contribution >= 4 is 33.2 Å².